The summed E-state index contributed by atoms with van der Waals surface area (Å²) in [6, 6.07) is 12.4. The second-order valence-electron chi connectivity index (χ2n) is 4.31. The first-order valence-electron chi connectivity index (χ1n) is 6.07. The summed E-state index contributed by atoms with van der Waals surface area (Å²) in [7, 11) is -3.46. The van der Waals surface area contributed by atoms with Gasteiger partial charge in [-0.1, -0.05) is 6.58 Å². The molecular formula is C15H14N2O3S. The maximum absolute atomic E-state index is 12.0. The Balaban J connectivity index is 2.15. The van der Waals surface area contributed by atoms with E-state index in [4.69, 9.17) is 5.73 Å². The van der Waals surface area contributed by atoms with E-state index < -0.39 is 9.84 Å². The van der Waals surface area contributed by atoms with Gasteiger partial charge in [0.25, 0.3) is 5.91 Å². The van der Waals surface area contributed by atoms with Gasteiger partial charge in [-0.2, -0.15) is 0 Å². The summed E-state index contributed by atoms with van der Waals surface area (Å²) in [6.07, 6.45) is 0. The van der Waals surface area contributed by atoms with E-state index in [1.807, 2.05) is 0 Å². The van der Waals surface area contributed by atoms with Gasteiger partial charge < -0.3 is 11.1 Å². The number of nitrogen functional groups attached to an aromatic ring is 1. The summed E-state index contributed by atoms with van der Waals surface area (Å²) >= 11 is 0. The molecule has 0 saturated carbocycles. The molecule has 0 atom stereocenters. The highest BCUT2D eigenvalue weighted by Gasteiger charge is 2.10. The van der Waals surface area contributed by atoms with Gasteiger partial charge in [0.05, 0.1) is 4.90 Å². The van der Waals surface area contributed by atoms with Gasteiger partial charge in [-0.25, -0.2) is 8.42 Å². The van der Waals surface area contributed by atoms with Gasteiger partial charge in [-0.3, -0.25) is 4.79 Å². The Kier molecular flexibility index (Phi) is 4.09. The van der Waals surface area contributed by atoms with Gasteiger partial charge in [0.15, 0.2) is 9.84 Å². The summed E-state index contributed by atoms with van der Waals surface area (Å²) in [5, 5.41) is 3.56. The SMILES string of the molecule is C=CS(=O)(=O)c1ccc(NC(=O)c2ccc(N)cc2)cc1. The molecule has 5 nitrogen and oxygen atoms in total. The van der Waals surface area contributed by atoms with Crippen LogP contribution in [0.3, 0.4) is 0 Å². The predicted molar refractivity (Wildman–Crippen MR) is 82.6 cm³/mol. The average molecular weight is 302 g/mol. The molecule has 0 saturated heterocycles. The number of carbonyl (C=O) groups excluding carboxylic acids is 1. The van der Waals surface area contributed by atoms with Crippen LogP contribution in [0.5, 0.6) is 0 Å². The van der Waals surface area contributed by atoms with Gasteiger partial charge in [-0.05, 0) is 48.5 Å². The molecule has 21 heavy (non-hydrogen) atoms. The Morgan fingerprint density at radius 3 is 2.14 bits per heavy atom. The van der Waals surface area contributed by atoms with E-state index in [-0.39, 0.29) is 10.8 Å². The lowest BCUT2D eigenvalue weighted by Crippen LogP contribution is -2.11. The summed E-state index contributed by atoms with van der Waals surface area (Å²) in [5.41, 5.74) is 7.09. The Morgan fingerprint density at radius 2 is 1.62 bits per heavy atom. The first kappa shape index (κ1) is 14.8. The molecule has 2 rings (SSSR count). The maximum Gasteiger partial charge on any atom is 0.255 e. The molecule has 0 fully saturated rings. The van der Waals surface area contributed by atoms with Crippen molar-refractivity contribution in [3.63, 3.8) is 0 Å². The smallest absolute Gasteiger partial charge is 0.255 e. The number of sulfone groups is 1. The lowest BCUT2D eigenvalue weighted by Gasteiger charge is -2.06. The fourth-order valence-corrected chi connectivity index (χ4v) is 2.37. The van der Waals surface area contributed by atoms with Gasteiger partial charge in [0.1, 0.15) is 0 Å². The number of nitrogens with one attached hydrogen (secondary N) is 1. The van der Waals surface area contributed by atoms with E-state index in [1.165, 1.54) is 24.3 Å². The third-order valence-electron chi connectivity index (χ3n) is 2.83. The number of nitrogens with two attached hydrogens (primary N) is 1. The molecular weight excluding hydrogens is 288 g/mol. The number of amides is 1. The Morgan fingerprint density at radius 1 is 1.05 bits per heavy atom. The highest BCUT2D eigenvalue weighted by Crippen LogP contribution is 2.16. The zero-order valence-electron chi connectivity index (χ0n) is 11.1. The van der Waals surface area contributed by atoms with E-state index in [1.54, 1.807) is 24.3 Å². The zero-order chi connectivity index (χ0) is 15.5. The van der Waals surface area contributed by atoms with E-state index in [9.17, 15) is 13.2 Å². The quantitative estimate of drug-likeness (QED) is 0.849. The number of hydrogen-bond donors (Lipinski definition) is 2. The molecule has 0 aliphatic carbocycles. The molecule has 0 aromatic heterocycles. The molecule has 0 radical (unpaired) electrons. The zero-order valence-corrected chi connectivity index (χ0v) is 11.9. The molecule has 108 valence electrons. The van der Waals surface area contributed by atoms with Crippen LogP contribution in [-0.2, 0) is 9.84 Å². The van der Waals surface area contributed by atoms with E-state index >= 15 is 0 Å². The molecule has 0 bridgehead atoms. The molecule has 0 aliphatic heterocycles. The molecule has 0 spiro atoms. The van der Waals surface area contributed by atoms with Gasteiger partial charge in [-0.15, -0.1) is 0 Å². The number of benzene rings is 2. The van der Waals surface area contributed by atoms with Crippen LogP contribution in [-0.4, -0.2) is 14.3 Å². The Hall–Kier alpha value is -2.60. The minimum atomic E-state index is -3.46. The average Bonchev–Trinajstić information content (AvgIpc) is 2.48. The fourth-order valence-electron chi connectivity index (χ4n) is 1.66. The van der Waals surface area contributed by atoms with Crippen molar-refractivity contribution < 1.29 is 13.2 Å². The van der Waals surface area contributed by atoms with Crippen LogP contribution >= 0.6 is 0 Å². The first-order chi connectivity index (χ1) is 9.92. The second-order valence-corrected chi connectivity index (χ2v) is 6.21. The molecule has 2 aromatic rings. The van der Waals surface area contributed by atoms with Crippen molar-refractivity contribution in [2.45, 2.75) is 4.90 Å². The van der Waals surface area contributed by atoms with Crippen molar-refractivity contribution in [1.82, 2.24) is 0 Å². The minimum Gasteiger partial charge on any atom is -0.399 e. The van der Waals surface area contributed by atoms with E-state index in [0.29, 0.717) is 16.9 Å². The van der Waals surface area contributed by atoms with Gasteiger partial charge in [0, 0.05) is 22.3 Å². The number of carbonyl (C=O) groups is 1. The molecule has 0 unspecified atom stereocenters. The molecule has 3 N–H and O–H groups in total. The standard InChI is InChI=1S/C15H14N2O3S/c1-2-21(19,20)14-9-7-13(8-10-14)17-15(18)11-3-5-12(16)6-4-11/h2-10H,1,16H2,(H,17,18). The van der Waals surface area contributed by atoms with Crippen LogP contribution in [0.15, 0.2) is 65.4 Å². The van der Waals surface area contributed by atoms with E-state index in [2.05, 4.69) is 11.9 Å². The third-order valence-corrected chi connectivity index (χ3v) is 4.20. The summed E-state index contributed by atoms with van der Waals surface area (Å²) < 4.78 is 23.1. The largest absolute Gasteiger partial charge is 0.399 e. The summed E-state index contributed by atoms with van der Waals surface area (Å²) in [4.78, 5) is 12.1. The van der Waals surface area contributed by atoms with Crippen molar-refractivity contribution in [1.29, 1.82) is 0 Å². The molecule has 2 aromatic carbocycles. The van der Waals surface area contributed by atoms with Crippen molar-refractivity contribution >= 4 is 27.1 Å². The molecule has 6 heteroatoms. The van der Waals surface area contributed by atoms with Crippen LogP contribution in [0.25, 0.3) is 0 Å². The van der Waals surface area contributed by atoms with Crippen LogP contribution in [0, 0.1) is 0 Å². The normalized spacial score (nSPS) is 10.9. The number of rotatable bonds is 4. The number of hydrogen-bond acceptors (Lipinski definition) is 4. The van der Waals surface area contributed by atoms with Crippen LogP contribution in [0.4, 0.5) is 11.4 Å². The van der Waals surface area contributed by atoms with Crippen molar-refractivity contribution in [2.75, 3.05) is 11.1 Å². The second kappa shape index (κ2) is 5.80. The van der Waals surface area contributed by atoms with E-state index in [0.717, 1.165) is 5.41 Å². The maximum atomic E-state index is 12.0. The Labute approximate surface area is 123 Å². The minimum absolute atomic E-state index is 0.128. The molecule has 1 amide bonds. The van der Waals surface area contributed by atoms with Crippen molar-refractivity contribution in [3.8, 4) is 0 Å². The van der Waals surface area contributed by atoms with Crippen molar-refractivity contribution in [3.05, 3.63) is 66.1 Å². The van der Waals surface area contributed by atoms with Gasteiger partial charge in [0.2, 0.25) is 0 Å². The lowest BCUT2D eigenvalue weighted by atomic mass is 10.2. The third kappa shape index (κ3) is 3.49. The topological polar surface area (TPSA) is 89.3 Å². The van der Waals surface area contributed by atoms with Crippen molar-refractivity contribution in [2.24, 2.45) is 0 Å². The highest BCUT2D eigenvalue weighted by atomic mass is 32.2. The summed E-state index contributed by atoms with van der Waals surface area (Å²) in [6.45, 7) is 3.26. The Bertz CT molecular complexity index is 764. The molecule has 0 heterocycles. The lowest BCUT2D eigenvalue weighted by molar-refractivity contribution is 0.102. The number of anilines is 2. The van der Waals surface area contributed by atoms with Gasteiger partial charge >= 0.3 is 0 Å². The van der Waals surface area contributed by atoms with Crippen LogP contribution in [0.2, 0.25) is 0 Å². The highest BCUT2D eigenvalue weighted by molar-refractivity contribution is 7.94. The van der Waals surface area contributed by atoms with Crippen LogP contribution < -0.4 is 11.1 Å². The monoisotopic (exact) mass is 302 g/mol. The molecule has 0 aliphatic rings. The first-order valence-corrected chi connectivity index (χ1v) is 7.61. The fraction of sp³-hybridized carbons (Fsp3) is 0. The summed E-state index contributed by atoms with van der Waals surface area (Å²) in [5.74, 6) is -0.297. The van der Waals surface area contributed by atoms with Crippen LogP contribution in [0.1, 0.15) is 10.4 Å². The predicted octanol–water partition coefficient (Wildman–Crippen LogP) is 2.44.